The van der Waals surface area contributed by atoms with Crippen LogP contribution in [0.2, 0.25) is 0 Å². The van der Waals surface area contributed by atoms with Crippen LogP contribution in [0.5, 0.6) is 0 Å². The lowest BCUT2D eigenvalue weighted by Crippen LogP contribution is -2.46. The van der Waals surface area contributed by atoms with Crippen molar-refractivity contribution in [3.63, 3.8) is 0 Å². The average Bonchev–Trinajstić information content (AvgIpc) is 3.25. The highest BCUT2D eigenvalue weighted by Crippen LogP contribution is 2.32. The summed E-state index contributed by atoms with van der Waals surface area (Å²) < 4.78 is 25.1. The fourth-order valence-corrected chi connectivity index (χ4v) is 4.82. The van der Waals surface area contributed by atoms with Crippen LogP contribution in [0.4, 0.5) is 19.7 Å². The third-order valence-electron chi connectivity index (χ3n) is 5.68. The van der Waals surface area contributed by atoms with Gasteiger partial charge in [-0.05, 0) is 104 Å². The maximum absolute atomic E-state index is 13.6. The van der Waals surface area contributed by atoms with E-state index in [-0.39, 0.29) is 11.7 Å². The Kier molecular flexibility index (Phi) is 10.3. The fourth-order valence-electron chi connectivity index (χ4n) is 3.88. The smallest absolute Gasteiger partial charge is 0.408 e. The molecule has 0 spiro atoms. The number of benzene rings is 2. The Morgan fingerprint density at radius 3 is 2.29 bits per heavy atom. The number of rotatable bonds is 9. The number of carbonyl (C=O) groups is 3. The molecule has 3 rings (SSSR count). The minimum atomic E-state index is -0.857. The van der Waals surface area contributed by atoms with Gasteiger partial charge in [-0.15, -0.1) is 11.3 Å². The maximum Gasteiger partial charge on any atom is 0.408 e. The Balaban J connectivity index is 1.65. The molecule has 1 aromatic heterocycles. The van der Waals surface area contributed by atoms with Crippen LogP contribution >= 0.6 is 11.3 Å². The summed E-state index contributed by atoms with van der Waals surface area (Å²) in [6.07, 6.45) is 0.276. The first-order valence-corrected chi connectivity index (χ1v) is 14.4. The van der Waals surface area contributed by atoms with Crippen molar-refractivity contribution in [2.75, 3.05) is 11.9 Å². The number of nitrogens with one attached hydrogen (secondary N) is 3. The van der Waals surface area contributed by atoms with Crippen LogP contribution in [0, 0.1) is 12.7 Å². The Labute approximate surface area is 244 Å². The molecule has 3 aromatic rings. The van der Waals surface area contributed by atoms with Crippen molar-refractivity contribution in [2.45, 2.75) is 85.0 Å². The quantitative estimate of drug-likeness (QED) is 0.234. The van der Waals surface area contributed by atoms with Gasteiger partial charge in [0.15, 0.2) is 0 Å². The number of alkyl carbamates (subject to hydrolysis) is 2. The number of aryl methyl sites for hydroxylation is 1. The summed E-state index contributed by atoms with van der Waals surface area (Å²) in [6, 6.07) is 9.20. The van der Waals surface area contributed by atoms with Crippen LogP contribution < -0.4 is 16.0 Å². The summed E-state index contributed by atoms with van der Waals surface area (Å²) in [7, 11) is 0. The first-order valence-electron chi connectivity index (χ1n) is 13.5. The number of hydrogen-bond donors (Lipinski definition) is 3. The van der Waals surface area contributed by atoms with Crippen LogP contribution in [0.3, 0.4) is 0 Å². The second kappa shape index (κ2) is 13.3. The molecule has 41 heavy (non-hydrogen) atoms. The number of hydrogen-bond acceptors (Lipinski definition) is 7. The van der Waals surface area contributed by atoms with E-state index in [0.29, 0.717) is 37.0 Å². The first kappa shape index (κ1) is 31.8. The van der Waals surface area contributed by atoms with Crippen LogP contribution in [-0.2, 0) is 14.3 Å². The predicted molar refractivity (Wildman–Crippen MR) is 160 cm³/mol. The number of amides is 3. The Morgan fingerprint density at radius 1 is 0.951 bits per heavy atom. The molecule has 0 radical (unpaired) electrons. The number of halogens is 1. The lowest BCUT2D eigenvalue weighted by Gasteiger charge is -2.23. The van der Waals surface area contributed by atoms with Gasteiger partial charge in [0, 0.05) is 23.9 Å². The summed E-state index contributed by atoms with van der Waals surface area (Å²) in [5.41, 5.74) is 1.53. The Hall–Kier alpha value is -3.73. The highest BCUT2D eigenvalue weighted by molar-refractivity contribution is 7.21. The van der Waals surface area contributed by atoms with Crippen LogP contribution in [0.25, 0.3) is 20.8 Å². The molecule has 1 atom stereocenters. The van der Waals surface area contributed by atoms with Gasteiger partial charge in [0.2, 0.25) is 5.91 Å². The van der Waals surface area contributed by atoms with Gasteiger partial charge >= 0.3 is 12.2 Å². The van der Waals surface area contributed by atoms with E-state index in [4.69, 9.17) is 9.47 Å². The van der Waals surface area contributed by atoms with E-state index in [2.05, 4.69) is 20.9 Å². The molecule has 0 fully saturated rings. The Morgan fingerprint density at radius 2 is 1.63 bits per heavy atom. The number of anilines is 1. The number of thiazole rings is 1. The second-order valence-corrected chi connectivity index (χ2v) is 12.8. The zero-order chi connectivity index (χ0) is 30.4. The van der Waals surface area contributed by atoms with E-state index < -0.39 is 29.4 Å². The summed E-state index contributed by atoms with van der Waals surface area (Å²) in [5, 5.41) is 9.03. The number of aromatic nitrogens is 1. The predicted octanol–water partition coefficient (Wildman–Crippen LogP) is 6.94. The highest BCUT2D eigenvalue weighted by Gasteiger charge is 2.25. The summed E-state index contributed by atoms with van der Waals surface area (Å²) in [4.78, 5) is 42.2. The van der Waals surface area contributed by atoms with Gasteiger partial charge < -0.3 is 25.4 Å². The first-order chi connectivity index (χ1) is 19.1. The Bertz CT molecular complexity index is 1390. The molecule has 0 saturated carbocycles. The summed E-state index contributed by atoms with van der Waals surface area (Å²) in [5.74, 6) is -0.722. The van der Waals surface area contributed by atoms with Crippen molar-refractivity contribution < 1.29 is 28.2 Å². The van der Waals surface area contributed by atoms with Crippen molar-refractivity contribution in [1.29, 1.82) is 0 Å². The minimum Gasteiger partial charge on any atom is -0.444 e. The van der Waals surface area contributed by atoms with Gasteiger partial charge in [0.05, 0.1) is 10.2 Å². The molecule has 11 heteroatoms. The van der Waals surface area contributed by atoms with Crippen molar-refractivity contribution in [1.82, 2.24) is 15.6 Å². The van der Waals surface area contributed by atoms with E-state index >= 15 is 0 Å². The zero-order valence-corrected chi connectivity index (χ0v) is 25.5. The molecular formula is C30H39FN4O5S. The fraction of sp³-hybridized carbons (Fsp3) is 0.467. The van der Waals surface area contributed by atoms with Gasteiger partial charge in [-0.2, -0.15) is 0 Å². The molecule has 2 aromatic carbocycles. The van der Waals surface area contributed by atoms with Crippen molar-refractivity contribution in [3.05, 3.63) is 47.8 Å². The molecule has 0 aliphatic heterocycles. The molecule has 0 bridgehead atoms. The monoisotopic (exact) mass is 586 g/mol. The average molecular weight is 587 g/mol. The van der Waals surface area contributed by atoms with Crippen LogP contribution in [-0.4, -0.2) is 46.9 Å². The summed E-state index contributed by atoms with van der Waals surface area (Å²) >= 11 is 1.46. The molecule has 0 unspecified atom stereocenters. The lowest BCUT2D eigenvalue weighted by atomic mass is 10.1. The topological polar surface area (TPSA) is 119 Å². The molecular weight excluding hydrogens is 547 g/mol. The standard InChI is InChI=1S/C30H39FN4O5S/c1-18-16-19(26-34-23-17-20(31)12-14-24(23)41-26)11-13-21(18)33-25(36)22(35-28(38)40-30(5,6)7)10-8-9-15-32-27(37)39-29(2,3)4/h11-14,16-17,22H,8-10,15H2,1-7H3,(H,32,37)(H,33,36)(H,35,38)/t22-/m0/s1. The number of nitrogens with zero attached hydrogens (tertiary/aromatic N) is 1. The maximum atomic E-state index is 13.6. The largest absolute Gasteiger partial charge is 0.444 e. The van der Waals surface area contributed by atoms with Gasteiger partial charge in [-0.3, -0.25) is 4.79 Å². The molecule has 3 amide bonds. The van der Waals surface area contributed by atoms with Gasteiger partial charge in [-0.25, -0.2) is 19.0 Å². The molecule has 222 valence electrons. The molecule has 1 heterocycles. The molecule has 0 saturated heterocycles. The van der Waals surface area contributed by atoms with Crippen LogP contribution in [0.15, 0.2) is 36.4 Å². The normalized spacial score (nSPS) is 12.5. The highest BCUT2D eigenvalue weighted by atomic mass is 32.1. The number of ether oxygens (including phenoxy) is 2. The van der Waals surface area contributed by atoms with Gasteiger partial charge in [0.1, 0.15) is 28.1 Å². The van der Waals surface area contributed by atoms with Gasteiger partial charge in [0.25, 0.3) is 0 Å². The zero-order valence-electron chi connectivity index (χ0n) is 24.6. The van der Waals surface area contributed by atoms with Crippen molar-refractivity contribution >= 4 is 45.3 Å². The third kappa shape index (κ3) is 10.3. The second-order valence-electron chi connectivity index (χ2n) is 11.8. The number of carbonyl (C=O) groups excluding carboxylic acids is 3. The molecule has 3 N–H and O–H groups in total. The van der Waals surface area contributed by atoms with E-state index in [9.17, 15) is 18.8 Å². The summed E-state index contributed by atoms with van der Waals surface area (Å²) in [6.45, 7) is 12.8. The molecule has 0 aliphatic rings. The molecule has 0 aliphatic carbocycles. The van der Waals surface area contributed by atoms with E-state index in [1.54, 1.807) is 53.7 Å². The van der Waals surface area contributed by atoms with E-state index in [1.807, 2.05) is 19.1 Å². The SMILES string of the molecule is Cc1cc(-c2nc3cc(F)ccc3s2)ccc1NC(=O)[C@H](CCCCNC(=O)OC(C)(C)C)NC(=O)OC(C)(C)C. The van der Waals surface area contributed by atoms with Crippen molar-refractivity contribution in [3.8, 4) is 10.6 Å². The third-order valence-corrected chi connectivity index (χ3v) is 6.76. The van der Waals surface area contributed by atoms with E-state index in [0.717, 1.165) is 20.8 Å². The van der Waals surface area contributed by atoms with E-state index in [1.165, 1.54) is 23.5 Å². The van der Waals surface area contributed by atoms with Crippen molar-refractivity contribution in [2.24, 2.45) is 0 Å². The number of unbranched alkanes of at least 4 members (excludes halogenated alkanes) is 1. The lowest BCUT2D eigenvalue weighted by molar-refractivity contribution is -0.118. The molecule has 9 nitrogen and oxygen atoms in total. The number of fused-ring (bicyclic) bond motifs is 1. The van der Waals surface area contributed by atoms with Gasteiger partial charge in [-0.1, -0.05) is 0 Å². The minimum absolute atomic E-state index is 0.334. The van der Waals surface area contributed by atoms with Crippen LogP contribution in [0.1, 0.15) is 66.4 Å².